The predicted octanol–water partition coefficient (Wildman–Crippen LogP) is 13.4. The molecule has 7 heteroatoms. The van der Waals surface area contributed by atoms with E-state index in [4.69, 9.17) is 9.40 Å². The number of furan rings is 1. The first kappa shape index (κ1) is 42.3. The van der Waals surface area contributed by atoms with Crippen LogP contribution in [0.1, 0.15) is 101 Å². The van der Waals surface area contributed by atoms with Gasteiger partial charge in [-0.05, 0) is 47.2 Å². The molecule has 0 spiro atoms. The number of rotatable bonds is 8. The minimum Gasteiger partial charge on any atom is -0.486 e. The molecule has 0 atom stereocenters. The van der Waals surface area contributed by atoms with Gasteiger partial charge < -0.3 is 8.98 Å². The Morgan fingerprint density at radius 2 is 1.35 bits per heavy atom. The van der Waals surface area contributed by atoms with Crippen molar-refractivity contribution in [2.75, 3.05) is 0 Å². The van der Waals surface area contributed by atoms with Crippen LogP contribution in [0.25, 0.3) is 61.4 Å². The number of aromatic nitrogens is 4. The van der Waals surface area contributed by atoms with Gasteiger partial charge >= 0.3 is 119 Å². The molecule has 8 aromatic rings. The molecule has 4 heterocycles. The van der Waals surface area contributed by atoms with E-state index in [1.807, 2.05) is 30.3 Å². The van der Waals surface area contributed by atoms with Gasteiger partial charge in [0.2, 0.25) is 5.71 Å². The van der Waals surface area contributed by atoms with Crippen molar-refractivity contribution in [2.24, 2.45) is 0 Å². The van der Waals surface area contributed by atoms with Gasteiger partial charge in [-0.15, -0.1) is 17.7 Å². The fourth-order valence-corrected chi connectivity index (χ4v) is 11.3. The fraction of sp³-hybridized carbons (Fsp3) is 0.300. The summed E-state index contributed by atoms with van der Waals surface area (Å²) >= 11 is -1.85. The smallest absolute Gasteiger partial charge is 0.216 e. The van der Waals surface area contributed by atoms with E-state index in [0.29, 0.717) is 29.4 Å². The number of pyridine rings is 2. The monoisotopic (exact) mass is 993 g/mol. The molecular formula is C50H54GeIrN4O-2. The van der Waals surface area contributed by atoms with E-state index < -0.39 is 13.3 Å². The van der Waals surface area contributed by atoms with Crippen molar-refractivity contribution in [3.05, 3.63) is 138 Å². The van der Waals surface area contributed by atoms with Crippen LogP contribution in [0.5, 0.6) is 0 Å². The molecule has 8 rings (SSSR count). The van der Waals surface area contributed by atoms with Gasteiger partial charge in [-0.25, -0.2) is 4.98 Å². The summed E-state index contributed by atoms with van der Waals surface area (Å²) < 4.78 is 10.3. The second-order valence-corrected chi connectivity index (χ2v) is 27.7. The van der Waals surface area contributed by atoms with E-state index in [9.17, 15) is 0 Å². The van der Waals surface area contributed by atoms with Gasteiger partial charge in [0.05, 0.1) is 22.4 Å². The summed E-state index contributed by atoms with van der Waals surface area (Å²) in [6, 6.07) is 38.4. The van der Waals surface area contributed by atoms with Crippen molar-refractivity contribution >= 4 is 50.8 Å². The molecule has 1 radical (unpaired) electrons. The van der Waals surface area contributed by atoms with Gasteiger partial charge in [0, 0.05) is 37.4 Å². The van der Waals surface area contributed by atoms with Crippen LogP contribution in [-0.2, 0) is 20.1 Å². The van der Waals surface area contributed by atoms with Crippen LogP contribution in [0.15, 0.2) is 108 Å². The maximum absolute atomic E-state index is 6.48. The summed E-state index contributed by atoms with van der Waals surface area (Å²) in [5, 5.41) is 2.14. The number of imidazole rings is 1. The van der Waals surface area contributed by atoms with Crippen LogP contribution in [0.3, 0.4) is 0 Å². The molecule has 0 saturated heterocycles. The largest absolute Gasteiger partial charge is 0.486 e. The Morgan fingerprint density at radius 3 is 1.98 bits per heavy atom. The Labute approximate surface area is 355 Å². The molecule has 0 saturated carbocycles. The molecule has 5 nitrogen and oxygen atoms in total. The number of hydrogen-bond donors (Lipinski definition) is 0. The zero-order valence-corrected chi connectivity index (χ0v) is 39.6. The van der Waals surface area contributed by atoms with Crippen molar-refractivity contribution < 1.29 is 24.5 Å². The molecule has 0 fully saturated rings. The van der Waals surface area contributed by atoms with E-state index in [2.05, 4.69) is 166 Å². The Morgan fingerprint density at radius 1 is 0.684 bits per heavy atom. The molecule has 0 aliphatic heterocycles. The van der Waals surface area contributed by atoms with Gasteiger partial charge in [0.15, 0.2) is 0 Å². The molecule has 0 N–H and O–H groups in total. The molecule has 0 aliphatic rings. The first-order valence-electron chi connectivity index (χ1n) is 20.1. The molecule has 0 unspecified atom stereocenters. The Hall–Kier alpha value is -4.36. The third-order valence-corrected chi connectivity index (χ3v) is 14.9. The van der Waals surface area contributed by atoms with E-state index in [-0.39, 0.29) is 20.1 Å². The molecule has 4 aromatic carbocycles. The second kappa shape index (κ2) is 17.2. The van der Waals surface area contributed by atoms with Crippen molar-refractivity contribution in [2.45, 2.75) is 96.3 Å². The van der Waals surface area contributed by atoms with Crippen molar-refractivity contribution in [3.63, 3.8) is 0 Å². The van der Waals surface area contributed by atoms with Crippen LogP contribution >= 0.6 is 0 Å². The Kier molecular flexibility index (Phi) is 12.8. The molecule has 57 heavy (non-hydrogen) atoms. The first-order valence-corrected chi connectivity index (χ1v) is 27.4. The molecule has 0 aliphatic carbocycles. The van der Waals surface area contributed by atoms with E-state index in [1.54, 1.807) is 6.20 Å². The average Bonchev–Trinajstić information content (AvgIpc) is 3.76. The molecule has 0 amide bonds. The summed E-state index contributed by atoms with van der Waals surface area (Å²) in [4.78, 5) is 14.4. The van der Waals surface area contributed by atoms with Crippen molar-refractivity contribution in [1.29, 1.82) is 0 Å². The molecular weight excluding hydrogens is 937 g/mol. The maximum atomic E-state index is 6.48. The molecule has 295 valence electrons. The van der Waals surface area contributed by atoms with Crippen LogP contribution < -0.4 is 4.40 Å². The number of nitrogens with zero attached hydrogens (tertiary/aromatic N) is 4. The van der Waals surface area contributed by atoms with Crippen molar-refractivity contribution in [3.8, 4) is 28.3 Å². The van der Waals surface area contributed by atoms with Gasteiger partial charge in [-0.2, -0.15) is 0 Å². The van der Waals surface area contributed by atoms with Crippen LogP contribution in [-0.4, -0.2) is 32.8 Å². The summed E-state index contributed by atoms with van der Waals surface area (Å²) in [5.41, 5.74) is 12.9. The predicted molar refractivity (Wildman–Crippen MR) is 238 cm³/mol. The zero-order chi connectivity index (χ0) is 39.9. The normalized spacial score (nSPS) is 11.9. The quantitative estimate of drug-likeness (QED) is 0.112. The van der Waals surface area contributed by atoms with E-state index in [0.717, 1.165) is 50.0 Å². The minimum atomic E-state index is -1.85. The number of para-hydroxylation sites is 3. The third-order valence-electron chi connectivity index (χ3n) is 10.7. The van der Waals surface area contributed by atoms with Crippen LogP contribution in [0, 0.1) is 12.1 Å². The molecule has 4 aromatic heterocycles. The van der Waals surface area contributed by atoms with Gasteiger partial charge in [0.25, 0.3) is 0 Å². The van der Waals surface area contributed by atoms with Crippen molar-refractivity contribution in [1.82, 2.24) is 19.5 Å². The summed E-state index contributed by atoms with van der Waals surface area (Å²) in [7, 11) is 0. The maximum Gasteiger partial charge on any atom is 0.216 e. The Bertz CT molecular complexity index is 2620. The molecule has 0 bridgehead atoms. The number of benzene rings is 4. The summed E-state index contributed by atoms with van der Waals surface area (Å²) in [5.74, 6) is 9.70. The SMILES string of the molecule is CC(C)c1cc(-c2[c-]cccc2)nc[c]1[Ge]([CH3])([CH3])[CH3].CC(C)c1cccc(C(C)C)c1-n1c(-c2[c-]cc(C(C)C)c3c2oc2ncccc23)nc2ccccc21.[Ir]. The minimum absolute atomic E-state index is 0. The van der Waals surface area contributed by atoms with Gasteiger partial charge in [0.1, 0.15) is 0 Å². The third kappa shape index (κ3) is 8.32. The van der Waals surface area contributed by atoms with Crippen LogP contribution in [0.2, 0.25) is 17.3 Å². The second-order valence-electron chi connectivity index (χ2n) is 17.1. The zero-order valence-electron chi connectivity index (χ0n) is 35.2. The summed E-state index contributed by atoms with van der Waals surface area (Å²) in [6.45, 7) is 18.0. The number of fused-ring (bicyclic) bond motifs is 4. The average molecular weight is 992 g/mol. The first-order chi connectivity index (χ1) is 26.8. The van der Waals surface area contributed by atoms with Crippen LogP contribution in [0.4, 0.5) is 0 Å². The topological polar surface area (TPSA) is 56.7 Å². The van der Waals surface area contributed by atoms with E-state index >= 15 is 0 Å². The summed E-state index contributed by atoms with van der Waals surface area (Å²) in [6.07, 6.45) is 3.90. The fourth-order valence-electron chi connectivity index (χ4n) is 7.77. The van der Waals surface area contributed by atoms with Gasteiger partial charge in [-0.1, -0.05) is 88.7 Å². The van der Waals surface area contributed by atoms with E-state index in [1.165, 1.54) is 32.3 Å². The standard InChI is InChI=1S/C33H32N3O.C17H22GeN.Ir/c1-19(2)22-16-17-26(31-29(22)25-13-10-18-34-33(25)37-31)32-35-27-14-7-8-15-28(27)36(32)30-23(20(3)4)11-9-12-24(30)21(5)6;1-13(2)15-11-17(14-9-7-6-8-10-14)19-12-16(15)18(3,4)5;/h7-16,18-21H,1-6H3;6-9,11-13H,1-5H3;/q2*-1;. The van der Waals surface area contributed by atoms with Gasteiger partial charge in [-0.3, -0.25) is 4.98 Å². The Balaban J connectivity index is 0.000000233. The number of hydrogen-bond acceptors (Lipinski definition) is 4.